The highest BCUT2D eigenvalue weighted by atomic mass is 16.5. The highest BCUT2D eigenvalue weighted by Crippen LogP contribution is 2.37. The molecule has 0 unspecified atom stereocenters. The number of carboxylic acid groups (broad SMARTS) is 1. The number of ether oxygens (including phenoxy) is 1. The van der Waals surface area contributed by atoms with Crippen LogP contribution < -0.4 is 9.64 Å². The first kappa shape index (κ1) is 19.7. The van der Waals surface area contributed by atoms with Gasteiger partial charge >= 0.3 is 5.97 Å². The molecule has 2 aromatic rings. The van der Waals surface area contributed by atoms with Gasteiger partial charge in [-0.2, -0.15) is 0 Å². The largest absolute Gasteiger partial charge is 0.493 e. The molecule has 29 heavy (non-hydrogen) atoms. The lowest BCUT2D eigenvalue weighted by molar-refractivity contribution is 0.0690. The van der Waals surface area contributed by atoms with E-state index in [1.54, 1.807) is 6.92 Å². The first-order chi connectivity index (χ1) is 14.1. The van der Waals surface area contributed by atoms with Crippen molar-refractivity contribution in [3.63, 3.8) is 0 Å². The average Bonchev–Trinajstić information content (AvgIpc) is 3.22. The van der Waals surface area contributed by atoms with Crippen molar-refractivity contribution in [2.45, 2.75) is 51.4 Å². The second-order valence-electron chi connectivity index (χ2n) is 8.28. The van der Waals surface area contributed by atoms with E-state index in [2.05, 4.69) is 39.1 Å². The van der Waals surface area contributed by atoms with Crippen LogP contribution in [0.2, 0.25) is 0 Å². The topological polar surface area (TPSA) is 75.5 Å². The summed E-state index contributed by atoms with van der Waals surface area (Å²) in [6.45, 7) is 4.07. The van der Waals surface area contributed by atoms with Crippen LogP contribution in [-0.4, -0.2) is 40.7 Å². The van der Waals surface area contributed by atoms with Crippen LogP contribution in [0.25, 0.3) is 0 Å². The van der Waals surface area contributed by atoms with Crippen LogP contribution in [0.1, 0.15) is 66.2 Å². The molecule has 2 heterocycles. The van der Waals surface area contributed by atoms with Crippen LogP contribution >= 0.6 is 0 Å². The zero-order valence-corrected chi connectivity index (χ0v) is 17.0. The summed E-state index contributed by atoms with van der Waals surface area (Å²) in [5.41, 5.74) is 2.08. The Balaban J connectivity index is 1.39. The zero-order chi connectivity index (χ0) is 20.2. The maximum absolute atomic E-state index is 11.3. The molecule has 0 amide bonds. The van der Waals surface area contributed by atoms with Crippen LogP contribution in [0.15, 0.2) is 30.3 Å². The Morgan fingerprint density at radius 2 is 1.97 bits per heavy atom. The van der Waals surface area contributed by atoms with Gasteiger partial charge in [-0.05, 0) is 49.8 Å². The third-order valence-electron chi connectivity index (χ3n) is 6.07. The van der Waals surface area contributed by atoms with Gasteiger partial charge in [0.1, 0.15) is 5.75 Å². The Hall–Kier alpha value is -2.63. The van der Waals surface area contributed by atoms with Crippen molar-refractivity contribution < 1.29 is 14.6 Å². The predicted octanol–water partition coefficient (Wildman–Crippen LogP) is 4.44. The number of para-hydroxylation sites is 1. The molecule has 4 rings (SSSR count). The van der Waals surface area contributed by atoms with E-state index >= 15 is 0 Å². The SMILES string of the molecule is Cc1cc(C(=O)O)nc(N2CC[C@@H](COc3ccccc3C3CCCCC3)C2)n1. The third-order valence-corrected chi connectivity index (χ3v) is 6.07. The standard InChI is InChI=1S/C23H29N3O3/c1-16-13-20(22(27)28)25-23(24-16)26-12-11-17(14-26)15-29-21-10-6-5-9-19(21)18-7-3-2-4-8-18/h5-6,9-10,13,17-18H,2-4,7-8,11-12,14-15H2,1H3,(H,27,28)/t17-/m1/s1. The molecule has 1 saturated carbocycles. The van der Waals surface area contributed by atoms with Gasteiger partial charge in [0, 0.05) is 24.7 Å². The van der Waals surface area contributed by atoms with E-state index in [1.807, 2.05) is 0 Å². The molecule has 1 aliphatic heterocycles. The van der Waals surface area contributed by atoms with Crippen LogP contribution in [0, 0.1) is 12.8 Å². The maximum Gasteiger partial charge on any atom is 0.354 e. The molecular weight excluding hydrogens is 366 g/mol. The molecule has 1 N–H and O–H groups in total. The van der Waals surface area contributed by atoms with Crippen molar-refractivity contribution in [2.24, 2.45) is 5.92 Å². The second-order valence-corrected chi connectivity index (χ2v) is 8.28. The molecular formula is C23H29N3O3. The predicted molar refractivity (Wildman–Crippen MR) is 112 cm³/mol. The van der Waals surface area contributed by atoms with Crippen molar-refractivity contribution in [1.29, 1.82) is 0 Å². The van der Waals surface area contributed by atoms with E-state index in [4.69, 9.17) is 4.74 Å². The Kier molecular flexibility index (Phi) is 5.97. The number of anilines is 1. The fourth-order valence-corrected chi connectivity index (χ4v) is 4.52. The number of aromatic nitrogens is 2. The van der Waals surface area contributed by atoms with Crippen LogP contribution in [0.3, 0.4) is 0 Å². The lowest BCUT2D eigenvalue weighted by Crippen LogP contribution is -2.25. The summed E-state index contributed by atoms with van der Waals surface area (Å²) in [4.78, 5) is 22.0. The van der Waals surface area contributed by atoms with E-state index < -0.39 is 5.97 Å². The number of benzene rings is 1. The molecule has 1 atom stereocenters. The lowest BCUT2D eigenvalue weighted by atomic mass is 9.84. The smallest absolute Gasteiger partial charge is 0.354 e. The number of hydrogen-bond donors (Lipinski definition) is 1. The molecule has 1 saturated heterocycles. The molecule has 0 spiro atoms. The van der Waals surface area contributed by atoms with Gasteiger partial charge < -0.3 is 14.7 Å². The summed E-state index contributed by atoms with van der Waals surface area (Å²) < 4.78 is 6.28. The summed E-state index contributed by atoms with van der Waals surface area (Å²) in [6, 6.07) is 9.99. The zero-order valence-electron chi connectivity index (χ0n) is 17.0. The molecule has 6 nitrogen and oxygen atoms in total. The van der Waals surface area contributed by atoms with E-state index in [0.29, 0.717) is 30.1 Å². The second kappa shape index (κ2) is 8.80. The van der Waals surface area contributed by atoms with Crippen molar-refractivity contribution in [3.05, 3.63) is 47.3 Å². The molecule has 1 aromatic carbocycles. The minimum absolute atomic E-state index is 0.0496. The Bertz CT molecular complexity index is 864. The van der Waals surface area contributed by atoms with Crippen molar-refractivity contribution >= 4 is 11.9 Å². The van der Waals surface area contributed by atoms with Gasteiger partial charge in [-0.15, -0.1) is 0 Å². The van der Waals surface area contributed by atoms with Crippen molar-refractivity contribution in [2.75, 3.05) is 24.6 Å². The first-order valence-electron chi connectivity index (χ1n) is 10.7. The number of aryl methyl sites for hydroxylation is 1. The fraction of sp³-hybridized carbons (Fsp3) is 0.522. The van der Waals surface area contributed by atoms with Crippen LogP contribution in [-0.2, 0) is 0 Å². The molecule has 1 aliphatic carbocycles. The maximum atomic E-state index is 11.3. The van der Waals surface area contributed by atoms with Gasteiger partial charge in [0.2, 0.25) is 5.95 Å². The van der Waals surface area contributed by atoms with Crippen molar-refractivity contribution in [1.82, 2.24) is 9.97 Å². The van der Waals surface area contributed by atoms with E-state index in [9.17, 15) is 9.90 Å². The minimum atomic E-state index is -1.02. The van der Waals surface area contributed by atoms with Crippen LogP contribution in [0.5, 0.6) is 5.75 Å². The number of aromatic carboxylic acids is 1. The number of hydrogen-bond acceptors (Lipinski definition) is 5. The monoisotopic (exact) mass is 395 g/mol. The van der Waals surface area contributed by atoms with E-state index in [0.717, 1.165) is 25.3 Å². The van der Waals surface area contributed by atoms with Gasteiger partial charge in [0.15, 0.2) is 5.69 Å². The lowest BCUT2D eigenvalue weighted by Gasteiger charge is -2.24. The number of nitrogens with zero attached hydrogens (tertiary/aromatic N) is 3. The van der Waals surface area contributed by atoms with Crippen LogP contribution in [0.4, 0.5) is 5.95 Å². The van der Waals surface area contributed by atoms with Gasteiger partial charge in [0.25, 0.3) is 0 Å². The third kappa shape index (κ3) is 4.69. The summed E-state index contributed by atoms with van der Waals surface area (Å²) in [6.07, 6.45) is 7.48. The van der Waals surface area contributed by atoms with Gasteiger partial charge in [-0.1, -0.05) is 37.5 Å². The summed E-state index contributed by atoms with van der Waals surface area (Å²) >= 11 is 0. The number of carbonyl (C=O) groups is 1. The number of rotatable bonds is 6. The number of carboxylic acids is 1. The summed E-state index contributed by atoms with van der Waals surface area (Å²) in [5, 5.41) is 9.24. The summed E-state index contributed by atoms with van der Waals surface area (Å²) in [7, 11) is 0. The Morgan fingerprint density at radius 1 is 1.17 bits per heavy atom. The molecule has 0 bridgehead atoms. The van der Waals surface area contributed by atoms with Gasteiger partial charge in [0.05, 0.1) is 6.61 Å². The first-order valence-corrected chi connectivity index (χ1v) is 10.7. The molecule has 2 aliphatic rings. The molecule has 0 radical (unpaired) electrons. The molecule has 1 aromatic heterocycles. The van der Waals surface area contributed by atoms with E-state index in [-0.39, 0.29) is 5.69 Å². The van der Waals surface area contributed by atoms with Gasteiger partial charge in [-0.25, -0.2) is 14.8 Å². The molecule has 6 heteroatoms. The summed E-state index contributed by atoms with van der Waals surface area (Å²) in [5.74, 6) is 1.52. The fourth-order valence-electron chi connectivity index (χ4n) is 4.52. The average molecular weight is 396 g/mol. The van der Waals surface area contributed by atoms with Gasteiger partial charge in [-0.3, -0.25) is 0 Å². The molecule has 2 fully saturated rings. The quantitative estimate of drug-likeness (QED) is 0.779. The highest BCUT2D eigenvalue weighted by molar-refractivity contribution is 5.85. The Labute approximate surface area is 171 Å². The highest BCUT2D eigenvalue weighted by Gasteiger charge is 2.27. The van der Waals surface area contributed by atoms with E-state index in [1.165, 1.54) is 43.7 Å². The normalized spacial score (nSPS) is 20.0. The Morgan fingerprint density at radius 3 is 2.76 bits per heavy atom. The van der Waals surface area contributed by atoms with Crippen molar-refractivity contribution in [3.8, 4) is 5.75 Å². The minimum Gasteiger partial charge on any atom is -0.493 e. The molecule has 154 valence electrons.